The van der Waals surface area contributed by atoms with E-state index in [1.807, 2.05) is 0 Å². The van der Waals surface area contributed by atoms with E-state index in [2.05, 4.69) is 20.8 Å². The number of amides is 1. The summed E-state index contributed by atoms with van der Waals surface area (Å²) in [5.74, 6) is 1.56. The lowest BCUT2D eigenvalue weighted by Crippen LogP contribution is -2.44. The van der Waals surface area contributed by atoms with Gasteiger partial charge in [0.25, 0.3) is 0 Å². The Kier molecular flexibility index (Phi) is 2.96. The number of nitrogens with one attached hydrogen (secondary N) is 2. The minimum atomic E-state index is 0.0392. The number of aromatic nitrogens is 2. The zero-order valence-electron chi connectivity index (χ0n) is 8.62. The van der Waals surface area contributed by atoms with Gasteiger partial charge in [0, 0.05) is 6.42 Å². The summed E-state index contributed by atoms with van der Waals surface area (Å²) in [6.07, 6.45) is 0.570. The number of hydrogen-bond acceptors (Lipinski definition) is 5. The standard InChI is InChI=1S/C9H14N4O2/c1-6-12-9(15-13-6)5-11-8(14)2-7-3-10-4-7/h7,10H,2-5H2,1H3,(H,11,14). The van der Waals surface area contributed by atoms with Gasteiger partial charge in [-0.1, -0.05) is 5.16 Å². The van der Waals surface area contributed by atoms with Crippen molar-refractivity contribution in [2.75, 3.05) is 13.1 Å². The first-order valence-corrected chi connectivity index (χ1v) is 5.00. The molecule has 15 heavy (non-hydrogen) atoms. The van der Waals surface area contributed by atoms with Gasteiger partial charge in [0.05, 0.1) is 6.54 Å². The van der Waals surface area contributed by atoms with Crippen molar-refractivity contribution in [2.24, 2.45) is 5.92 Å². The molecule has 82 valence electrons. The highest BCUT2D eigenvalue weighted by Crippen LogP contribution is 2.07. The highest BCUT2D eigenvalue weighted by molar-refractivity contribution is 5.76. The molecule has 1 aromatic rings. The topological polar surface area (TPSA) is 80.0 Å². The van der Waals surface area contributed by atoms with Gasteiger partial charge in [-0.2, -0.15) is 4.98 Å². The van der Waals surface area contributed by atoms with Crippen LogP contribution in [0.25, 0.3) is 0 Å². The maximum Gasteiger partial charge on any atom is 0.246 e. The van der Waals surface area contributed by atoms with Gasteiger partial charge in [0.15, 0.2) is 5.82 Å². The van der Waals surface area contributed by atoms with Crippen molar-refractivity contribution in [1.29, 1.82) is 0 Å². The summed E-state index contributed by atoms with van der Waals surface area (Å²) in [7, 11) is 0. The van der Waals surface area contributed by atoms with Crippen LogP contribution >= 0.6 is 0 Å². The monoisotopic (exact) mass is 210 g/mol. The molecule has 1 aromatic heterocycles. The smallest absolute Gasteiger partial charge is 0.246 e. The Morgan fingerprint density at radius 3 is 3.00 bits per heavy atom. The molecule has 0 spiro atoms. The predicted octanol–water partition coefficient (Wildman–Crippen LogP) is -0.396. The molecule has 1 fully saturated rings. The van der Waals surface area contributed by atoms with E-state index in [4.69, 9.17) is 4.52 Å². The molecule has 1 saturated heterocycles. The Balaban J connectivity index is 1.70. The maximum atomic E-state index is 11.4. The molecule has 6 nitrogen and oxygen atoms in total. The molecule has 6 heteroatoms. The van der Waals surface area contributed by atoms with Crippen molar-refractivity contribution in [1.82, 2.24) is 20.8 Å². The van der Waals surface area contributed by atoms with Crippen LogP contribution in [0, 0.1) is 12.8 Å². The predicted molar refractivity (Wildman–Crippen MR) is 51.9 cm³/mol. The molecule has 0 aliphatic carbocycles. The fourth-order valence-corrected chi connectivity index (χ4v) is 1.41. The first kappa shape index (κ1) is 10.1. The van der Waals surface area contributed by atoms with Crippen molar-refractivity contribution >= 4 is 5.91 Å². The molecule has 0 unspecified atom stereocenters. The molecule has 1 aliphatic rings. The fraction of sp³-hybridized carbons (Fsp3) is 0.667. The third kappa shape index (κ3) is 2.76. The highest BCUT2D eigenvalue weighted by Gasteiger charge is 2.20. The lowest BCUT2D eigenvalue weighted by Gasteiger charge is -2.26. The van der Waals surface area contributed by atoms with Crippen molar-refractivity contribution < 1.29 is 9.32 Å². The molecule has 1 amide bonds. The first-order valence-electron chi connectivity index (χ1n) is 5.00. The Morgan fingerprint density at radius 2 is 2.47 bits per heavy atom. The first-order chi connectivity index (χ1) is 7.24. The van der Waals surface area contributed by atoms with Gasteiger partial charge >= 0.3 is 0 Å². The third-order valence-electron chi connectivity index (χ3n) is 2.35. The van der Waals surface area contributed by atoms with Crippen LogP contribution in [-0.2, 0) is 11.3 Å². The Bertz CT molecular complexity index is 346. The van der Waals surface area contributed by atoms with Gasteiger partial charge in [-0.25, -0.2) is 0 Å². The Labute approximate surface area is 87.4 Å². The van der Waals surface area contributed by atoms with Crippen LogP contribution in [-0.4, -0.2) is 29.1 Å². The summed E-state index contributed by atoms with van der Waals surface area (Å²) in [6.45, 7) is 3.94. The maximum absolute atomic E-state index is 11.4. The molecule has 2 N–H and O–H groups in total. The van der Waals surface area contributed by atoms with E-state index in [-0.39, 0.29) is 5.91 Å². The number of carbonyl (C=O) groups is 1. The van der Waals surface area contributed by atoms with E-state index in [1.54, 1.807) is 6.92 Å². The third-order valence-corrected chi connectivity index (χ3v) is 2.35. The van der Waals surface area contributed by atoms with Crippen LogP contribution in [0.15, 0.2) is 4.52 Å². The summed E-state index contributed by atoms with van der Waals surface area (Å²) in [5, 5.41) is 9.51. The van der Waals surface area contributed by atoms with E-state index in [0.717, 1.165) is 13.1 Å². The van der Waals surface area contributed by atoms with Gasteiger partial charge in [-0.05, 0) is 25.9 Å². The summed E-state index contributed by atoms with van der Waals surface area (Å²) in [6, 6.07) is 0. The molecule has 0 radical (unpaired) electrons. The molecule has 1 aliphatic heterocycles. The molecule has 2 rings (SSSR count). The average Bonchev–Trinajstić information content (AvgIpc) is 2.55. The van der Waals surface area contributed by atoms with E-state index in [9.17, 15) is 4.79 Å². The zero-order chi connectivity index (χ0) is 10.7. The molecule has 0 atom stereocenters. The normalized spacial score (nSPS) is 16.1. The van der Waals surface area contributed by atoms with Gasteiger partial charge in [0.2, 0.25) is 11.8 Å². The second-order valence-electron chi connectivity index (χ2n) is 3.74. The van der Waals surface area contributed by atoms with E-state index < -0.39 is 0 Å². The van der Waals surface area contributed by atoms with E-state index in [0.29, 0.717) is 30.6 Å². The molecule has 0 bridgehead atoms. The van der Waals surface area contributed by atoms with Crippen molar-refractivity contribution in [2.45, 2.75) is 19.9 Å². The average molecular weight is 210 g/mol. The molecular formula is C9H14N4O2. The largest absolute Gasteiger partial charge is 0.347 e. The van der Waals surface area contributed by atoms with E-state index in [1.165, 1.54) is 0 Å². The van der Waals surface area contributed by atoms with Gasteiger partial charge in [-0.3, -0.25) is 4.79 Å². The number of hydrogen-bond donors (Lipinski definition) is 2. The van der Waals surface area contributed by atoms with E-state index >= 15 is 0 Å². The lowest BCUT2D eigenvalue weighted by atomic mass is 9.99. The minimum Gasteiger partial charge on any atom is -0.347 e. The quantitative estimate of drug-likeness (QED) is 0.707. The summed E-state index contributed by atoms with van der Waals surface area (Å²) < 4.78 is 4.87. The van der Waals surface area contributed by atoms with Crippen LogP contribution in [0.5, 0.6) is 0 Å². The van der Waals surface area contributed by atoms with Crippen molar-refractivity contribution in [3.05, 3.63) is 11.7 Å². The highest BCUT2D eigenvalue weighted by atomic mass is 16.5. The summed E-state index contributed by atoms with van der Waals surface area (Å²) >= 11 is 0. The Hall–Kier alpha value is -1.43. The molecule has 2 heterocycles. The second kappa shape index (κ2) is 4.39. The summed E-state index contributed by atoms with van der Waals surface area (Å²) in [4.78, 5) is 15.4. The van der Waals surface area contributed by atoms with Crippen LogP contribution in [0.2, 0.25) is 0 Å². The van der Waals surface area contributed by atoms with Gasteiger partial charge in [0.1, 0.15) is 0 Å². The number of carbonyl (C=O) groups excluding carboxylic acids is 1. The summed E-state index contributed by atoms with van der Waals surface area (Å²) in [5.41, 5.74) is 0. The van der Waals surface area contributed by atoms with Crippen LogP contribution < -0.4 is 10.6 Å². The van der Waals surface area contributed by atoms with Gasteiger partial charge in [-0.15, -0.1) is 0 Å². The lowest BCUT2D eigenvalue weighted by molar-refractivity contribution is -0.122. The Morgan fingerprint density at radius 1 is 1.67 bits per heavy atom. The van der Waals surface area contributed by atoms with Crippen LogP contribution in [0.4, 0.5) is 0 Å². The zero-order valence-corrected chi connectivity index (χ0v) is 8.62. The minimum absolute atomic E-state index is 0.0392. The number of nitrogens with zero attached hydrogens (tertiary/aromatic N) is 2. The van der Waals surface area contributed by atoms with Crippen molar-refractivity contribution in [3.63, 3.8) is 0 Å². The molecule has 0 saturated carbocycles. The SMILES string of the molecule is Cc1noc(CNC(=O)CC2CNC2)n1. The van der Waals surface area contributed by atoms with Crippen molar-refractivity contribution in [3.8, 4) is 0 Å². The fourth-order valence-electron chi connectivity index (χ4n) is 1.41. The second-order valence-corrected chi connectivity index (χ2v) is 3.74. The number of rotatable bonds is 4. The number of aryl methyl sites for hydroxylation is 1. The van der Waals surface area contributed by atoms with Gasteiger partial charge < -0.3 is 15.2 Å². The van der Waals surface area contributed by atoms with Crippen LogP contribution in [0.3, 0.4) is 0 Å². The van der Waals surface area contributed by atoms with Crippen LogP contribution in [0.1, 0.15) is 18.1 Å². The molecule has 0 aromatic carbocycles. The molecular weight excluding hydrogens is 196 g/mol.